The largest absolute Gasteiger partial charge is 0.337 e. The Morgan fingerprint density at radius 3 is 2.59 bits per heavy atom. The summed E-state index contributed by atoms with van der Waals surface area (Å²) in [6.07, 6.45) is 3.91. The molecule has 0 radical (unpaired) electrons. The zero-order valence-electron chi connectivity index (χ0n) is 13.5. The number of aromatic nitrogens is 2. The van der Waals surface area contributed by atoms with E-state index in [-0.39, 0.29) is 12.4 Å². The van der Waals surface area contributed by atoms with Gasteiger partial charge in [-0.2, -0.15) is 0 Å². The highest BCUT2D eigenvalue weighted by molar-refractivity contribution is 5.85. The van der Waals surface area contributed by atoms with Crippen LogP contribution in [0.5, 0.6) is 0 Å². The third-order valence-electron chi connectivity index (χ3n) is 4.18. The normalized spacial score (nSPS) is 19.0. The average Bonchev–Trinajstić information content (AvgIpc) is 2.84. The van der Waals surface area contributed by atoms with Crippen molar-refractivity contribution in [3.63, 3.8) is 0 Å². The van der Waals surface area contributed by atoms with Gasteiger partial charge in [0.15, 0.2) is 0 Å². The predicted molar refractivity (Wildman–Crippen MR) is 92.4 cm³/mol. The molecule has 0 amide bonds. The maximum absolute atomic E-state index is 4.55. The molecule has 5 heteroatoms. The molecule has 0 spiro atoms. The fourth-order valence-electron chi connectivity index (χ4n) is 3.28. The van der Waals surface area contributed by atoms with E-state index >= 15 is 0 Å². The van der Waals surface area contributed by atoms with Crippen LogP contribution in [0.1, 0.15) is 28.6 Å². The van der Waals surface area contributed by atoms with Crippen molar-refractivity contribution in [1.29, 1.82) is 0 Å². The van der Waals surface area contributed by atoms with Crippen molar-refractivity contribution in [2.75, 3.05) is 19.6 Å². The maximum atomic E-state index is 4.55. The van der Waals surface area contributed by atoms with E-state index in [2.05, 4.69) is 58.9 Å². The van der Waals surface area contributed by atoms with E-state index in [1.165, 1.54) is 16.7 Å². The molecule has 1 aromatic carbocycles. The van der Waals surface area contributed by atoms with Gasteiger partial charge in [-0.25, -0.2) is 4.98 Å². The van der Waals surface area contributed by atoms with Gasteiger partial charge in [-0.3, -0.25) is 4.90 Å². The Hall–Kier alpha value is -1.36. The topological polar surface area (TPSA) is 33.1 Å². The van der Waals surface area contributed by atoms with Crippen molar-refractivity contribution < 1.29 is 0 Å². The van der Waals surface area contributed by atoms with Gasteiger partial charge >= 0.3 is 0 Å². The van der Waals surface area contributed by atoms with E-state index in [1.54, 1.807) is 0 Å². The van der Waals surface area contributed by atoms with Crippen molar-refractivity contribution in [2.24, 2.45) is 7.05 Å². The number of hydrogen-bond donors (Lipinski definition) is 1. The first-order valence-corrected chi connectivity index (χ1v) is 7.62. The summed E-state index contributed by atoms with van der Waals surface area (Å²) in [5.41, 5.74) is 4.08. The molecule has 1 unspecified atom stereocenters. The number of halogens is 1. The number of nitrogens with one attached hydrogen (secondary N) is 1. The fraction of sp³-hybridized carbons (Fsp3) is 0.471. The SMILES string of the molecule is Cc1cc(C)cc(CN2CCNCC2c2nccn2C)c1.Cl. The minimum atomic E-state index is 0. The third-order valence-corrected chi connectivity index (χ3v) is 4.18. The van der Waals surface area contributed by atoms with Crippen LogP contribution < -0.4 is 5.32 Å². The van der Waals surface area contributed by atoms with Crippen molar-refractivity contribution in [3.05, 3.63) is 53.1 Å². The number of aryl methyl sites for hydroxylation is 3. The van der Waals surface area contributed by atoms with Crippen molar-refractivity contribution in [1.82, 2.24) is 19.8 Å². The lowest BCUT2D eigenvalue weighted by Gasteiger charge is -2.35. The average molecular weight is 321 g/mol. The van der Waals surface area contributed by atoms with E-state index in [4.69, 9.17) is 0 Å². The lowest BCUT2D eigenvalue weighted by Crippen LogP contribution is -2.46. The first-order chi connectivity index (χ1) is 10.1. The molecule has 1 atom stereocenters. The predicted octanol–water partition coefficient (Wildman–Crippen LogP) is 2.61. The summed E-state index contributed by atoms with van der Waals surface area (Å²) in [6.45, 7) is 8.41. The number of nitrogens with zero attached hydrogens (tertiary/aromatic N) is 3. The second-order valence-corrected chi connectivity index (χ2v) is 6.08. The van der Waals surface area contributed by atoms with Gasteiger partial charge < -0.3 is 9.88 Å². The molecule has 3 rings (SSSR count). The summed E-state index contributed by atoms with van der Waals surface area (Å²) in [4.78, 5) is 7.08. The molecular formula is C17H25ClN4. The standard InChI is InChI=1S/C17H24N4.ClH/c1-13-8-14(2)10-15(9-13)12-21-7-4-18-11-16(21)17-19-5-6-20(17)3;/h5-6,8-10,16,18H,4,7,11-12H2,1-3H3;1H. The van der Waals surface area contributed by atoms with Crippen LogP contribution in [0.25, 0.3) is 0 Å². The first-order valence-electron chi connectivity index (χ1n) is 7.62. The molecule has 1 fully saturated rings. The third kappa shape index (κ3) is 3.69. The van der Waals surface area contributed by atoms with E-state index < -0.39 is 0 Å². The smallest absolute Gasteiger partial charge is 0.127 e. The Morgan fingerprint density at radius 2 is 1.95 bits per heavy atom. The minimum absolute atomic E-state index is 0. The summed E-state index contributed by atoms with van der Waals surface area (Å²) in [5.74, 6) is 1.14. The molecule has 0 aliphatic carbocycles. The van der Waals surface area contributed by atoms with Crippen LogP contribution in [-0.4, -0.2) is 34.1 Å². The molecule has 1 saturated heterocycles. The fourth-order valence-corrected chi connectivity index (χ4v) is 3.28. The van der Waals surface area contributed by atoms with Gasteiger partial charge in [0.25, 0.3) is 0 Å². The second-order valence-electron chi connectivity index (χ2n) is 6.08. The quantitative estimate of drug-likeness (QED) is 0.943. The first kappa shape index (κ1) is 17.0. The van der Waals surface area contributed by atoms with Crippen molar-refractivity contribution in [2.45, 2.75) is 26.4 Å². The van der Waals surface area contributed by atoms with Gasteiger partial charge in [0.05, 0.1) is 6.04 Å². The number of piperazine rings is 1. The van der Waals surface area contributed by atoms with Crippen molar-refractivity contribution >= 4 is 12.4 Å². The van der Waals surface area contributed by atoms with E-state index in [9.17, 15) is 0 Å². The molecule has 1 aliphatic heterocycles. The van der Waals surface area contributed by atoms with Gasteiger partial charge in [0, 0.05) is 45.6 Å². The molecule has 1 aliphatic rings. The van der Waals surface area contributed by atoms with Gasteiger partial charge in [0.1, 0.15) is 5.82 Å². The zero-order chi connectivity index (χ0) is 14.8. The summed E-state index contributed by atoms with van der Waals surface area (Å²) >= 11 is 0. The Morgan fingerprint density at radius 1 is 1.23 bits per heavy atom. The molecule has 120 valence electrons. The molecule has 0 bridgehead atoms. The van der Waals surface area contributed by atoms with Crippen LogP contribution in [0.15, 0.2) is 30.6 Å². The molecule has 1 aromatic heterocycles. The van der Waals surface area contributed by atoms with E-state index in [1.807, 2.05) is 12.4 Å². The summed E-state index contributed by atoms with van der Waals surface area (Å²) in [7, 11) is 2.08. The highest BCUT2D eigenvalue weighted by Gasteiger charge is 2.26. The number of benzene rings is 1. The van der Waals surface area contributed by atoms with Gasteiger partial charge in [-0.05, 0) is 19.4 Å². The van der Waals surface area contributed by atoms with Gasteiger partial charge in [-0.1, -0.05) is 29.3 Å². The van der Waals surface area contributed by atoms with Gasteiger partial charge in [0.2, 0.25) is 0 Å². The Labute approximate surface area is 139 Å². The Balaban J connectivity index is 0.00000176. The molecule has 4 nitrogen and oxygen atoms in total. The van der Waals surface area contributed by atoms with Crippen LogP contribution in [0.2, 0.25) is 0 Å². The summed E-state index contributed by atoms with van der Waals surface area (Å²) < 4.78 is 2.13. The van der Waals surface area contributed by atoms with Gasteiger partial charge in [-0.15, -0.1) is 12.4 Å². The van der Waals surface area contributed by atoms with E-state index in [0.29, 0.717) is 6.04 Å². The molecule has 1 N–H and O–H groups in total. The monoisotopic (exact) mass is 320 g/mol. The summed E-state index contributed by atoms with van der Waals surface area (Å²) in [6, 6.07) is 7.17. The lowest BCUT2D eigenvalue weighted by molar-refractivity contribution is 0.144. The maximum Gasteiger partial charge on any atom is 0.127 e. The highest BCUT2D eigenvalue weighted by Crippen LogP contribution is 2.23. The van der Waals surface area contributed by atoms with Crippen LogP contribution >= 0.6 is 12.4 Å². The summed E-state index contributed by atoms with van der Waals surface area (Å²) in [5, 5.41) is 3.49. The number of imidazole rings is 1. The van der Waals surface area contributed by atoms with Crippen LogP contribution in [0.4, 0.5) is 0 Å². The molecule has 2 aromatic rings. The highest BCUT2D eigenvalue weighted by atomic mass is 35.5. The molecule has 2 heterocycles. The number of rotatable bonds is 3. The van der Waals surface area contributed by atoms with Crippen LogP contribution in [0, 0.1) is 13.8 Å². The Bertz CT molecular complexity index is 603. The van der Waals surface area contributed by atoms with Crippen LogP contribution in [-0.2, 0) is 13.6 Å². The molecule has 0 saturated carbocycles. The van der Waals surface area contributed by atoms with E-state index in [0.717, 1.165) is 32.0 Å². The lowest BCUT2D eigenvalue weighted by atomic mass is 10.1. The molecular weight excluding hydrogens is 296 g/mol. The number of hydrogen-bond acceptors (Lipinski definition) is 3. The van der Waals surface area contributed by atoms with Crippen molar-refractivity contribution in [3.8, 4) is 0 Å². The van der Waals surface area contributed by atoms with Crippen LogP contribution in [0.3, 0.4) is 0 Å². The Kier molecular flexibility index (Phi) is 5.62. The molecule has 22 heavy (non-hydrogen) atoms. The second kappa shape index (κ2) is 7.27. The zero-order valence-corrected chi connectivity index (χ0v) is 14.4. The minimum Gasteiger partial charge on any atom is -0.337 e.